The molecule has 3 rings (SSSR count). The van der Waals surface area contributed by atoms with E-state index in [1.165, 1.54) is 4.90 Å². The summed E-state index contributed by atoms with van der Waals surface area (Å²) in [4.78, 5) is 25.4. The Morgan fingerprint density at radius 2 is 1.67 bits per heavy atom. The van der Waals surface area contributed by atoms with E-state index in [0.29, 0.717) is 12.1 Å². The molecule has 8 heteroatoms. The van der Waals surface area contributed by atoms with E-state index >= 15 is 0 Å². The monoisotopic (exact) mass is 379 g/mol. The molecule has 1 saturated heterocycles. The molecule has 27 heavy (non-hydrogen) atoms. The molecule has 2 aromatic rings. The molecule has 2 unspecified atom stereocenters. The standard InChI is InChI=1S/C19H16F3NO4/c20-13-6-7-14(21)16(22)15(13)19(18(26)27)10-23(9-12(19)17(24)25)8-11-4-2-1-3-5-11/h1-7,12H,8-10H2,(H,24,25)(H,26,27). The smallest absolute Gasteiger partial charge is 0.316 e. The van der Waals surface area contributed by atoms with Gasteiger partial charge in [-0.2, -0.15) is 0 Å². The van der Waals surface area contributed by atoms with Crippen LogP contribution >= 0.6 is 0 Å². The molecule has 0 spiro atoms. The van der Waals surface area contributed by atoms with Crippen molar-refractivity contribution in [3.63, 3.8) is 0 Å². The lowest BCUT2D eigenvalue weighted by atomic mass is 9.72. The number of rotatable bonds is 5. The van der Waals surface area contributed by atoms with E-state index in [0.717, 1.165) is 5.56 Å². The molecular formula is C19H16F3NO4. The summed E-state index contributed by atoms with van der Waals surface area (Å²) >= 11 is 0. The highest BCUT2D eigenvalue weighted by molar-refractivity contribution is 5.90. The van der Waals surface area contributed by atoms with Crippen molar-refractivity contribution >= 4 is 11.9 Å². The van der Waals surface area contributed by atoms with E-state index in [1.807, 2.05) is 0 Å². The zero-order valence-corrected chi connectivity index (χ0v) is 14.0. The van der Waals surface area contributed by atoms with Crippen LogP contribution in [0.25, 0.3) is 0 Å². The van der Waals surface area contributed by atoms with Crippen LogP contribution in [0.1, 0.15) is 11.1 Å². The number of nitrogens with zero attached hydrogens (tertiary/aromatic N) is 1. The number of carbonyl (C=O) groups is 2. The van der Waals surface area contributed by atoms with Crippen molar-refractivity contribution in [1.29, 1.82) is 0 Å². The molecule has 0 saturated carbocycles. The van der Waals surface area contributed by atoms with Gasteiger partial charge in [-0.15, -0.1) is 0 Å². The third-order valence-corrected chi connectivity index (χ3v) is 4.93. The highest BCUT2D eigenvalue weighted by atomic mass is 19.2. The molecule has 142 valence electrons. The Morgan fingerprint density at radius 3 is 2.26 bits per heavy atom. The summed E-state index contributed by atoms with van der Waals surface area (Å²) in [7, 11) is 0. The number of hydrogen-bond acceptors (Lipinski definition) is 3. The first-order valence-electron chi connectivity index (χ1n) is 8.14. The lowest BCUT2D eigenvalue weighted by Crippen LogP contribution is -2.48. The molecule has 1 aliphatic heterocycles. The van der Waals surface area contributed by atoms with Crippen LogP contribution in [-0.2, 0) is 21.5 Å². The predicted octanol–water partition coefficient (Wildman–Crippen LogP) is 2.64. The summed E-state index contributed by atoms with van der Waals surface area (Å²) in [5.74, 6) is -9.28. The summed E-state index contributed by atoms with van der Waals surface area (Å²) in [6, 6.07) is 9.98. The van der Waals surface area contributed by atoms with E-state index < -0.39 is 52.8 Å². The average Bonchev–Trinajstić information content (AvgIpc) is 3.00. The van der Waals surface area contributed by atoms with Crippen molar-refractivity contribution < 1.29 is 33.0 Å². The fourth-order valence-electron chi connectivity index (χ4n) is 3.71. The second kappa shape index (κ2) is 7.03. The molecule has 0 aliphatic carbocycles. The van der Waals surface area contributed by atoms with Gasteiger partial charge in [-0.05, 0) is 17.7 Å². The number of hydrogen-bond donors (Lipinski definition) is 2. The van der Waals surface area contributed by atoms with E-state index in [1.54, 1.807) is 30.3 Å². The quantitative estimate of drug-likeness (QED) is 0.781. The largest absolute Gasteiger partial charge is 0.481 e. The van der Waals surface area contributed by atoms with Crippen LogP contribution < -0.4 is 0 Å². The Hall–Kier alpha value is -2.87. The van der Waals surface area contributed by atoms with Gasteiger partial charge < -0.3 is 10.2 Å². The Balaban J connectivity index is 2.11. The van der Waals surface area contributed by atoms with Gasteiger partial charge in [-0.25, -0.2) is 13.2 Å². The molecular weight excluding hydrogens is 363 g/mol. The van der Waals surface area contributed by atoms with E-state index in [2.05, 4.69) is 0 Å². The van der Waals surface area contributed by atoms with Gasteiger partial charge in [-0.3, -0.25) is 14.5 Å². The highest BCUT2D eigenvalue weighted by Crippen LogP contribution is 2.43. The number of likely N-dealkylation sites (tertiary alicyclic amines) is 1. The van der Waals surface area contributed by atoms with Gasteiger partial charge in [0.25, 0.3) is 0 Å². The summed E-state index contributed by atoms with van der Waals surface area (Å²) in [6.45, 7) is -0.518. The van der Waals surface area contributed by atoms with Crippen LogP contribution in [0.5, 0.6) is 0 Å². The second-order valence-corrected chi connectivity index (χ2v) is 6.54. The molecule has 2 atom stereocenters. The minimum absolute atomic E-state index is 0.193. The zero-order chi connectivity index (χ0) is 19.8. The molecule has 0 amide bonds. The molecule has 1 fully saturated rings. The van der Waals surface area contributed by atoms with Crippen LogP contribution in [0.15, 0.2) is 42.5 Å². The van der Waals surface area contributed by atoms with Gasteiger partial charge >= 0.3 is 11.9 Å². The summed E-state index contributed by atoms with van der Waals surface area (Å²) < 4.78 is 42.5. The van der Waals surface area contributed by atoms with E-state index in [9.17, 15) is 33.0 Å². The maximum absolute atomic E-state index is 14.4. The van der Waals surface area contributed by atoms with Crippen molar-refractivity contribution in [1.82, 2.24) is 4.90 Å². The highest BCUT2D eigenvalue weighted by Gasteiger charge is 2.59. The van der Waals surface area contributed by atoms with Crippen molar-refractivity contribution in [2.45, 2.75) is 12.0 Å². The van der Waals surface area contributed by atoms with Gasteiger partial charge in [-0.1, -0.05) is 30.3 Å². The third kappa shape index (κ3) is 3.16. The zero-order valence-electron chi connectivity index (χ0n) is 14.0. The van der Waals surface area contributed by atoms with E-state index in [-0.39, 0.29) is 13.1 Å². The fourth-order valence-corrected chi connectivity index (χ4v) is 3.71. The van der Waals surface area contributed by atoms with Crippen LogP contribution in [0.3, 0.4) is 0 Å². The summed E-state index contributed by atoms with van der Waals surface area (Å²) in [5.41, 5.74) is -2.72. The maximum Gasteiger partial charge on any atom is 0.316 e. The topological polar surface area (TPSA) is 77.8 Å². The van der Waals surface area contributed by atoms with Crippen LogP contribution in [0.4, 0.5) is 13.2 Å². The van der Waals surface area contributed by atoms with Gasteiger partial charge in [0.15, 0.2) is 11.6 Å². The molecule has 2 aromatic carbocycles. The van der Waals surface area contributed by atoms with E-state index in [4.69, 9.17) is 0 Å². The van der Waals surface area contributed by atoms with Crippen LogP contribution in [0.2, 0.25) is 0 Å². The normalized spacial score (nSPS) is 22.7. The number of benzene rings is 2. The molecule has 0 bridgehead atoms. The molecule has 5 nitrogen and oxygen atoms in total. The number of aliphatic carboxylic acids is 2. The van der Waals surface area contributed by atoms with Gasteiger partial charge in [0.05, 0.1) is 5.92 Å². The second-order valence-electron chi connectivity index (χ2n) is 6.54. The van der Waals surface area contributed by atoms with Crippen molar-refractivity contribution in [2.24, 2.45) is 5.92 Å². The third-order valence-electron chi connectivity index (χ3n) is 4.93. The summed E-state index contributed by atoms with van der Waals surface area (Å²) in [6.07, 6.45) is 0. The first-order valence-corrected chi connectivity index (χ1v) is 8.14. The minimum atomic E-state index is -2.45. The van der Waals surface area contributed by atoms with Gasteiger partial charge in [0.2, 0.25) is 0 Å². The fraction of sp³-hybridized carbons (Fsp3) is 0.263. The van der Waals surface area contributed by atoms with Crippen molar-refractivity contribution in [3.05, 3.63) is 71.0 Å². The lowest BCUT2D eigenvalue weighted by molar-refractivity contribution is -0.154. The SMILES string of the molecule is O=C(O)C1CN(Cc2ccccc2)CC1(C(=O)O)c1c(F)ccc(F)c1F. The maximum atomic E-state index is 14.4. The molecule has 2 N–H and O–H groups in total. The van der Waals surface area contributed by atoms with Crippen LogP contribution in [-0.4, -0.2) is 40.1 Å². The molecule has 1 aliphatic rings. The Labute approximate surface area is 152 Å². The first-order chi connectivity index (χ1) is 12.8. The Kier molecular flexibility index (Phi) is 4.93. The van der Waals surface area contributed by atoms with Gasteiger partial charge in [0.1, 0.15) is 11.2 Å². The predicted molar refractivity (Wildman–Crippen MR) is 88.5 cm³/mol. The number of carboxylic acids is 2. The molecule has 0 aromatic heterocycles. The summed E-state index contributed by atoms with van der Waals surface area (Å²) in [5, 5.41) is 19.4. The lowest BCUT2D eigenvalue weighted by Gasteiger charge is -2.29. The average molecular weight is 379 g/mol. The van der Waals surface area contributed by atoms with Crippen molar-refractivity contribution in [2.75, 3.05) is 13.1 Å². The molecule has 1 heterocycles. The van der Waals surface area contributed by atoms with Crippen LogP contribution in [0, 0.1) is 23.4 Å². The number of carboxylic acid groups (broad SMARTS) is 2. The van der Waals surface area contributed by atoms with Crippen molar-refractivity contribution in [3.8, 4) is 0 Å². The minimum Gasteiger partial charge on any atom is -0.481 e. The Morgan fingerprint density at radius 1 is 1.04 bits per heavy atom. The first kappa shape index (κ1) is 18.9. The van der Waals surface area contributed by atoms with Gasteiger partial charge in [0, 0.05) is 25.2 Å². The molecule has 0 radical (unpaired) electrons. The Bertz CT molecular complexity index is 890. The number of halogens is 3.